The summed E-state index contributed by atoms with van der Waals surface area (Å²) in [7, 11) is 0. The fraction of sp³-hybridized carbons (Fsp3) is 0.545. The molecule has 0 aliphatic heterocycles. The van der Waals surface area contributed by atoms with Crippen molar-refractivity contribution in [1.29, 1.82) is 0 Å². The zero-order chi connectivity index (χ0) is 8.85. The molecule has 0 aromatic carbocycles. The first-order chi connectivity index (χ1) is 5.20. The first-order valence-corrected chi connectivity index (χ1v) is 4.37. The lowest BCUT2D eigenvalue weighted by Gasteiger charge is -2.11. The molecular weight excluding hydrogens is 132 g/mol. The van der Waals surface area contributed by atoms with Crippen LogP contribution in [0.25, 0.3) is 0 Å². The van der Waals surface area contributed by atoms with Crippen LogP contribution in [-0.4, -0.2) is 0 Å². The van der Waals surface area contributed by atoms with E-state index in [0.29, 0.717) is 0 Å². The molecule has 0 N–H and O–H groups in total. The molecule has 0 saturated carbocycles. The van der Waals surface area contributed by atoms with Gasteiger partial charge in [0.1, 0.15) is 0 Å². The van der Waals surface area contributed by atoms with Crippen LogP contribution in [0, 0.1) is 6.42 Å². The Labute approximate surface area is 71.0 Å². The van der Waals surface area contributed by atoms with Gasteiger partial charge in [0.2, 0.25) is 0 Å². The Balaban J connectivity index is 0.000000461. The second-order valence-electron chi connectivity index (χ2n) is 2.82. The van der Waals surface area contributed by atoms with E-state index in [-0.39, 0.29) is 0 Å². The molecule has 0 unspecified atom stereocenters. The van der Waals surface area contributed by atoms with Crippen molar-refractivity contribution in [3.63, 3.8) is 0 Å². The molecule has 0 heterocycles. The van der Waals surface area contributed by atoms with Crippen molar-refractivity contribution >= 4 is 0 Å². The lowest BCUT2D eigenvalue weighted by Crippen LogP contribution is -1.92. The fourth-order valence-electron chi connectivity index (χ4n) is 1.03. The summed E-state index contributed by atoms with van der Waals surface area (Å²) in [6.45, 7) is 10.5. The summed E-state index contributed by atoms with van der Waals surface area (Å²) in [5.74, 6) is 0. The molecule has 0 saturated heterocycles. The van der Waals surface area contributed by atoms with Gasteiger partial charge in [-0.25, -0.2) is 0 Å². The van der Waals surface area contributed by atoms with E-state index in [1.54, 1.807) is 0 Å². The molecule has 0 fully saturated rings. The second-order valence-corrected chi connectivity index (χ2v) is 2.82. The van der Waals surface area contributed by atoms with Crippen molar-refractivity contribution in [1.82, 2.24) is 0 Å². The van der Waals surface area contributed by atoms with Gasteiger partial charge >= 0.3 is 0 Å². The smallest absolute Gasteiger partial charge is 0.00797 e. The third kappa shape index (κ3) is 3.41. The van der Waals surface area contributed by atoms with E-state index in [2.05, 4.69) is 33.3 Å². The quantitative estimate of drug-likeness (QED) is 0.492. The van der Waals surface area contributed by atoms with E-state index in [9.17, 15) is 0 Å². The van der Waals surface area contributed by atoms with Gasteiger partial charge in [-0.2, -0.15) is 0 Å². The van der Waals surface area contributed by atoms with Gasteiger partial charge < -0.3 is 0 Å². The van der Waals surface area contributed by atoms with Crippen LogP contribution in [0.15, 0.2) is 22.8 Å². The van der Waals surface area contributed by atoms with Crippen LogP contribution in [0.4, 0.5) is 0 Å². The molecule has 1 aliphatic rings. The lowest BCUT2D eigenvalue weighted by molar-refractivity contribution is 1.04. The van der Waals surface area contributed by atoms with Crippen molar-refractivity contribution in [3.8, 4) is 0 Å². The van der Waals surface area contributed by atoms with Crippen LogP contribution in [0.1, 0.15) is 41.0 Å². The Morgan fingerprint density at radius 3 is 2.00 bits per heavy atom. The number of hydrogen-bond acceptors (Lipinski definition) is 0. The summed E-state index contributed by atoms with van der Waals surface area (Å²) < 4.78 is 0. The van der Waals surface area contributed by atoms with Gasteiger partial charge in [-0.1, -0.05) is 36.6 Å². The maximum absolute atomic E-state index is 2.20. The van der Waals surface area contributed by atoms with E-state index in [0.717, 1.165) is 0 Å². The van der Waals surface area contributed by atoms with Crippen LogP contribution >= 0.6 is 0 Å². The topological polar surface area (TPSA) is 0 Å². The highest BCUT2D eigenvalue weighted by molar-refractivity contribution is 5.34. The number of allylic oxidation sites excluding steroid dienone is 4. The standard InChI is InChI=1S/C9H13.C2H6/c1-7-4-5-8(2)9(3)6-7;1-2/h4-5H,6H2,1-3H3;1-2H3. The predicted octanol–water partition coefficient (Wildman–Crippen LogP) is 3.90. The fourth-order valence-corrected chi connectivity index (χ4v) is 1.03. The van der Waals surface area contributed by atoms with Crippen LogP contribution in [0.2, 0.25) is 0 Å². The Morgan fingerprint density at radius 2 is 1.64 bits per heavy atom. The predicted molar refractivity (Wildman–Crippen MR) is 52.4 cm³/mol. The average Bonchev–Trinajstić information content (AvgIpc) is 2.02. The molecule has 0 nitrogen and oxygen atoms in total. The van der Waals surface area contributed by atoms with Crippen LogP contribution in [0.3, 0.4) is 0 Å². The summed E-state index contributed by atoms with van der Waals surface area (Å²) in [5, 5.41) is 0. The summed E-state index contributed by atoms with van der Waals surface area (Å²) in [6.07, 6.45) is 5.55. The monoisotopic (exact) mass is 151 g/mol. The molecule has 0 aromatic rings. The third-order valence-corrected chi connectivity index (χ3v) is 1.84. The van der Waals surface area contributed by atoms with E-state index in [1.807, 2.05) is 13.8 Å². The largest absolute Gasteiger partial charge is 0.0772 e. The van der Waals surface area contributed by atoms with Gasteiger partial charge in [0, 0.05) is 6.42 Å². The van der Waals surface area contributed by atoms with Crippen molar-refractivity contribution in [2.45, 2.75) is 41.0 Å². The maximum atomic E-state index is 2.20. The van der Waals surface area contributed by atoms with Crippen LogP contribution < -0.4 is 0 Å². The van der Waals surface area contributed by atoms with Gasteiger partial charge in [-0.15, -0.1) is 0 Å². The average molecular weight is 151 g/mol. The van der Waals surface area contributed by atoms with Gasteiger partial charge in [-0.3, -0.25) is 0 Å². The summed E-state index contributed by atoms with van der Waals surface area (Å²) >= 11 is 0. The normalized spacial score (nSPS) is 17.0. The van der Waals surface area contributed by atoms with E-state index >= 15 is 0 Å². The zero-order valence-electron chi connectivity index (χ0n) is 8.36. The molecule has 63 valence electrons. The molecule has 0 heteroatoms. The van der Waals surface area contributed by atoms with Crippen LogP contribution in [0.5, 0.6) is 0 Å². The van der Waals surface area contributed by atoms with Gasteiger partial charge in [0.15, 0.2) is 0 Å². The molecule has 1 rings (SSSR count). The van der Waals surface area contributed by atoms with Crippen molar-refractivity contribution in [3.05, 3.63) is 29.2 Å². The maximum Gasteiger partial charge on any atom is 0.00797 e. The van der Waals surface area contributed by atoms with Gasteiger partial charge in [0.25, 0.3) is 0 Å². The second kappa shape index (κ2) is 5.17. The number of rotatable bonds is 0. The van der Waals surface area contributed by atoms with Gasteiger partial charge in [-0.05, 0) is 27.2 Å². The molecule has 0 bridgehead atoms. The SMILES string of the molecule is CC.CC1=C[CH]C(C)=C(C)C1. The van der Waals surface area contributed by atoms with Crippen LogP contribution in [-0.2, 0) is 0 Å². The Hall–Kier alpha value is -0.520. The molecule has 0 atom stereocenters. The molecule has 1 aliphatic carbocycles. The molecular formula is C11H19. The summed E-state index contributed by atoms with van der Waals surface area (Å²) in [6, 6.07) is 0. The van der Waals surface area contributed by atoms with Gasteiger partial charge in [0.05, 0.1) is 0 Å². The first-order valence-electron chi connectivity index (χ1n) is 4.37. The van der Waals surface area contributed by atoms with E-state index in [4.69, 9.17) is 0 Å². The minimum atomic E-state index is 1.17. The molecule has 0 amide bonds. The Bertz CT molecular complexity index is 170. The number of hydrogen-bond donors (Lipinski definition) is 0. The summed E-state index contributed by atoms with van der Waals surface area (Å²) in [4.78, 5) is 0. The van der Waals surface area contributed by atoms with Crippen molar-refractivity contribution in [2.24, 2.45) is 0 Å². The minimum Gasteiger partial charge on any atom is -0.0772 e. The molecule has 0 spiro atoms. The molecule has 1 radical (unpaired) electrons. The Morgan fingerprint density at radius 1 is 1.09 bits per heavy atom. The first kappa shape index (κ1) is 10.5. The molecule has 11 heavy (non-hydrogen) atoms. The Kier molecular flexibility index (Phi) is 4.93. The highest BCUT2D eigenvalue weighted by Gasteiger charge is 2.02. The zero-order valence-corrected chi connectivity index (χ0v) is 8.36. The van der Waals surface area contributed by atoms with E-state index in [1.165, 1.54) is 23.1 Å². The highest BCUT2D eigenvalue weighted by atomic mass is 14.1. The third-order valence-electron chi connectivity index (χ3n) is 1.84. The van der Waals surface area contributed by atoms with E-state index < -0.39 is 0 Å². The van der Waals surface area contributed by atoms with Crippen molar-refractivity contribution < 1.29 is 0 Å². The highest BCUT2D eigenvalue weighted by Crippen LogP contribution is 2.21. The molecule has 0 aromatic heterocycles. The van der Waals surface area contributed by atoms with Crippen molar-refractivity contribution in [2.75, 3.05) is 0 Å². The minimum absolute atomic E-state index is 1.17. The summed E-state index contributed by atoms with van der Waals surface area (Å²) in [5.41, 5.74) is 4.41. The lowest BCUT2D eigenvalue weighted by atomic mass is 9.95.